The molecule has 4 aromatic rings. The molecule has 0 saturated carbocycles. The topological polar surface area (TPSA) is 65.7 Å². The van der Waals surface area contributed by atoms with Gasteiger partial charge in [0, 0.05) is 5.56 Å². The van der Waals surface area contributed by atoms with Crippen LogP contribution in [0.3, 0.4) is 0 Å². The lowest BCUT2D eigenvalue weighted by atomic mass is 10.1. The smallest absolute Gasteiger partial charge is 0.291 e. The predicted octanol–water partition coefficient (Wildman–Crippen LogP) is 3.80. The monoisotopic (exact) mass is 421 g/mol. The number of hydrogen-bond donors (Lipinski definition) is 0. The van der Waals surface area contributed by atoms with Crippen molar-refractivity contribution < 1.29 is 9.47 Å². The zero-order valence-corrected chi connectivity index (χ0v) is 18.0. The van der Waals surface area contributed by atoms with Crippen molar-refractivity contribution in [3.05, 3.63) is 69.0 Å². The second-order valence-electron chi connectivity index (χ2n) is 7.35. The van der Waals surface area contributed by atoms with Crippen LogP contribution in [0, 0.1) is 5.92 Å². The minimum Gasteiger partial charge on any atom is -0.493 e. The molecule has 0 radical (unpaired) electrons. The van der Waals surface area contributed by atoms with Crippen molar-refractivity contribution in [2.75, 3.05) is 13.7 Å². The number of fused-ring (bicyclic) bond motifs is 1. The van der Waals surface area contributed by atoms with E-state index < -0.39 is 0 Å². The molecule has 154 valence electrons. The summed E-state index contributed by atoms with van der Waals surface area (Å²) >= 11 is 1.32. The van der Waals surface area contributed by atoms with Crippen molar-refractivity contribution in [3.8, 4) is 22.9 Å². The van der Waals surface area contributed by atoms with E-state index in [1.807, 2.05) is 54.6 Å². The van der Waals surface area contributed by atoms with Crippen molar-refractivity contribution in [2.24, 2.45) is 5.92 Å². The maximum Gasteiger partial charge on any atom is 0.291 e. The van der Waals surface area contributed by atoms with E-state index >= 15 is 0 Å². The molecular weight excluding hydrogens is 398 g/mol. The van der Waals surface area contributed by atoms with Gasteiger partial charge in [0.1, 0.15) is 0 Å². The Morgan fingerprint density at radius 2 is 1.93 bits per heavy atom. The van der Waals surface area contributed by atoms with Crippen LogP contribution in [-0.2, 0) is 0 Å². The first kappa shape index (κ1) is 20.1. The van der Waals surface area contributed by atoms with Crippen LogP contribution < -0.4 is 19.6 Å². The largest absolute Gasteiger partial charge is 0.493 e. The van der Waals surface area contributed by atoms with E-state index in [2.05, 4.69) is 23.9 Å². The number of nitrogens with zero attached hydrogens (tertiary/aromatic N) is 3. The van der Waals surface area contributed by atoms with E-state index in [1.54, 1.807) is 7.11 Å². The normalized spacial score (nSPS) is 12.1. The van der Waals surface area contributed by atoms with Gasteiger partial charge in [0.05, 0.1) is 18.2 Å². The molecule has 4 rings (SSSR count). The summed E-state index contributed by atoms with van der Waals surface area (Å²) in [4.78, 5) is 17.9. The van der Waals surface area contributed by atoms with E-state index in [-0.39, 0.29) is 5.56 Å². The fraction of sp³-hybridized carbons (Fsp3) is 0.261. The maximum absolute atomic E-state index is 12.8. The molecule has 0 N–H and O–H groups in total. The molecule has 0 saturated heterocycles. The van der Waals surface area contributed by atoms with Gasteiger partial charge in [-0.1, -0.05) is 61.6 Å². The average Bonchev–Trinajstić information content (AvgIpc) is 3.29. The molecule has 30 heavy (non-hydrogen) atoms. The Morgan fingerprint density at radius 1 is 1.13 bits per heavy atom. The lowest BCUT2D eigenvalue weighted by molar-refractivity contribution is 0.273. The molecule has 0 bridgehead atoms. The molecule has 0 atom stereocenters. The van der Waals surface area contributed by atoms with Crippen molar-refractivity contribution in [1.82, 2.24) is 14.6 Å². The summed E-state index contributed by atoms with van der Waals surface area (Å²) in [6.07, 6.45) is 2.80. The van der Waals surface area contributed by atoms with E-state index in [4.69, 9.17) is 9.47 Å². The zero-order chi connectivity index (χ0) is 21.1. The Labute approximate surface area is 178 Å². The van der Waals surface area contributed by atoms with Gasteiger partial charge in [-0.05, 0) is 36.1 Å². The molecule has 6 nitrogen and oxygen atoms in total. The fourth-order valence-corrected chi connectivity index (χ4v) is 3.90. The minimum absolute atomic E-state index is 0.180. The van der Waals surface area contributed by atoms with Crippen LogP contribution in [0.4, 0.5) is 0 Å². The highest BCUT2D eigenvalue weighted by molar-refractivity contribution is 7.15. The highest BCUT2D eigenvalue weighted by atomic mass is 32.1. The Bertz CT molecular complexity index is 1260. The van der Waals surface area contributed by atoms with E-state index in [0.717, 1.165) is 17.5 Å². The lowest BCUT2D eigenvalue weighted by Crippen LogP contribution is -2.23. The molecule has 7 heteroatoms. The number of hydrogen-bond acceptors (Lipinski definition) is 6. The van der Waals surface area contributed by atoms with Crippen LogP contribution in [0.1, 0.15) is 25.8 Å². The van der Waals surface area contributed by atoms with Crippen molar-refractivity contribution in [3.63, 3.8) is 0 Å². The minimum atomic E-state index is -0.180. The van der Waals surface area contributed by atoms with Gasteiger partial charge in [-0.25, -0.2) is 0 Å². The number of aromatic nitrogens is 3. The van der Waals surface area contributed by atoms with Gasteiger partial charge in [-0.15, -0.1) is 5.10 Å². The van der Waals surface area contributed by atoms with Crippen LogP contribution in [-0.4, -0.2) is 28.3 Å². The molecule has 0 unspecified atom stereocenters. The van der Waals surface area contributed by atoms with Gasteiger partial charge >= 0.3 is 0 Å². The molecule has 2 heterocycles. The van der Waals surface area contributed by atoms with Gasteiger partial charge < -0.3 is 9.47 Å². The summed E-state index contributed by atoms with van der Waals surface area (Å²) in [6.45, 7) is 4.96. The molecular formula is C23H23N3O3S. The van der Waals surface area contributed by atoms with Gasteiger partial charge in [0.2, 0.25) is 4.96 Å². The number of thiazole rings is 1. The second-order valence-corrected chi connectivity index (χ2v) is 8.36. The quantitative estimate of drug-likeness (QED) is 0.454. The first-order chi connectivity index (χ1) is 14.5. The number of rotatable bonds is 7. The molecule has 0 amide bonds. The van der Waals surface area contributed by atoms with Crippen molar-refractivity contribution in [1.29, 1.82) is 0 Å². The highest BCUT2D eigenvalue weighted by Crippen LogP contribution is 2.28. The summed E-state index contributed by atoms with van der Waals surface area (Å²) in [5.74, 6) is 2.47. The fourth-order valence-electron chi connectivity index (χ4n) is 2.99. The standard InChI is InChI=1S/C23H23N3O3S/c1-15(2)11-12-29-18-10-9-16(13-19(18)28-3)14-20-22(27)26-23(30-20)24-21(25-26)17-7-5-4-6-8-17/h4-10,13-15H,11-12H2,1-3H3. The molecule has 2 aromatic heterocycles. The SMILES string of the molecule is COc1cc(C=c2sc3nc(-c4ccccc4)nn3c2=O)ccc1OCCC(C)C. The molecule has 0 spiro atoms. The van der Waals surface area contributed by atoms with Gasteiger partial charge in [-0.2, -0.15) is 9.50 Å². The maximum atomic E-state index is 12.8. The average molecular weight is 422 g/mol. The molecule has 0 aliphatic carbocycles. The third-order valence-electron chi connectivity index (χ3n) is 4.65. The van der Waals surface area contributed by atoms with Crippen LogP contribution >= 0.6 is 11.3 Å². The number of benzene rings is 2. The lowest BCUT2D eigenvalue weighted by Gasteiger charge is -2.12. The van der Waals surface area contributed by atoms with E-state index in [0.29, 0.717) is 39.3 Å². The molecule has 0 aliphatic heterocycles. The summed E-state index contributed by atoms with van der Waals surface area (Å²) < 4.78 is 13.2. The van der Waals surface area contributed by atoms with Crippen molar-refractivity contribution in [2.45, 2.75) is 20.3 Å². The number of methoxy groups -OCH3 is 1. The summed E-state index contributed by atoms with van der Waals surface area (Å²) in [6, 6.07) is 15.3. The van der Waals surface area contributed by atoms with Gasteiger partial charge in [0.15, 0.2) is 17.3 Å². The zero-order valence-electron chi connectivity index (χ0n) is 17.2. The van der Waals surface area contributed by atoms with E-state index in [1.165, 1.54) is 15.9 Å². The molecule has 2 aromatic carbocycles. The third-order valence-corrected chi connectivity index (χ3v) is 5.61. The third kappa shape index (κ3) is 4.21. The predicted molar refractivity (Wildman–Crippen MR) is 119 cm³/mol. The Hall–Kier alpha value is -3.19. The van der Waals surface area contributed by atoms with Crippen LogP contribution in [0.15, 0.2) is 53.3 Å². The van der Waals surface area contributed by atoms with E-state index in [9.17, 15) is 4.79 Å². The van der Waals surface area contributed by atoms with Gasteiger partial charge in [0.25, 0.3) is 5.56 Å². The first-order valence-corrected chi connectivity index (χ1v) is 10.6. The Kier molecular flexibility index (Phi) is 5.81. The van der Waals surface area contributed by atoms with Crippen LogP contribution in [0.5, 0.6) is 11.5 Å². The van der Waals surface area contributed by atoms with Gasteiger partial charge in [-0.3, -0.25) is 4.79 Å². The molecule has 0 fully saturated rings. The number of ether oxygens (including phenoxy) is 2. The van der Waals surface area contributed by atoms with Crippen LogP contribution in [0.2, 0.25) is 0 Å². The van der Waals surface area contributed by atoms with Crippen LogP contribution in [0.25, 0.3) is 22.4 Å². The first-order valence-electron chi connectivity index (χ1n) is 9.82. The Balaban J connectivity index is 1.63. The Morgan fingerprint density at radius 3 is 2.63 bits per heavy atom. The summed E-state index contributed by atoms with van der Waals surface area (Å²) in [5, 5.41) is 4.38. The highest BCUT2D eigenvalue weighted by Gasteiger charge is 2.12. The summed E-state index contributed by atoms with van der Waals surface area (Å²) in [5.41, 5.74) is 1.56. The van der Waals surface area contributed by atoms with Crippen molar-refractivity contribution >= 4 is 22.4 Å². The second kappa shape index (κ2) is 8.67. The molecule has 0 aliphatic rings. The summed E-state index contributed by atoms with van der Waals surface area (Å²) in [7, 11) is 1.61.